The van der Waals surface area contributed by atoms with Crippen LogP contribution in [0.4, 0.5) is 11.5 Å². The van der Waals surface area contributed by atoms with Crippen LogP contribution in [0, 0.1) is 0 Å². The van der Waals surface area contributed by atoms with Crippen LogP contribution in [0.25, 0.3) is 12.2 Å². The van der Waals surface area contributed by atoms with E-state index in [2.05, 4.69) is 20.3 Å². The first-order chi connectivity index (χ1) is 10.8. The molecule has 1 aromatic carbocycles. The molecule has 0 saturated heterocycles. The van der Waals surface area contributed by atoms with Crippen molar-refractivity contribution in [3.63, 3.8) is 0 Å². The highest BCUT2D eigenvalue weighted by atomic mass is 35.5. The summed E-state index contributed by atoms with van der Waals surface area (Å²) in [6.45, 7) is 0. The Labute approximate surface area is 133 Å². The SMILES string of the molecule is Clc1nccc(Nc2ccc(C=Cc3ccccn3)cc2)n1. The van der Waals surface area contributed by atoms with E-state index in [1.165, 1.54) is 0 Å². The third-order valence-electron chi connectivity index (χ3n) is 2.94. The number of halogens is 1. The van der Waals surface area contributed by atoms with Gasteiger partial charge in [0.2, 0.25) is 5.28 Å². The fourth-order valence-corrected chi connectivity index (χ4v) is 2.03. The Morgan fingerprint density at radius 1 is 0.864 bits per heavy atom. The summed E-state index contributed by atoms with van der Waals surface area (Å²) < 4.78 is 0. The van der Waals surface area contributed by atoms with E-state index in [1.54, 1.807) is 18.5 Å². The molecule has 0 aliphatic carbocycles. The summed E-state index contributed by atoms with van der Waals surface area (Å²) in [7, 11) is 0. The van der Waals surface area contributed by atoms with Crippen molar-refractivity contribution in [3.8, 4) is 0 Å². The first-order valence-electron chi connectivity index (χ1n) is 6.74. The average Bonchev–Trinajstić information content (AvgIpc) is 2.55. The maximum atomic E-state index is 5.76. The molecule has 0 amide bonds. The fourth-order valence-electron chi connectivity index (χ4n) is 1.89. The maximum absolute atomic E-state index is 5.76. The van der Waals surface area contributed by atoms with Gasteiger partial charge in [0.05, 0.1) is 5.69 Å². The predicted octanol–water partition coefficient (Wildman–Crippen LogP) is 4.44. The number of aromatic nitrogens is 3. The Balaban J connectivity index is 1.69. The number of anilines is 2. The lowest BCUT2D eigenvalue weighted by molar-refractivity contribution is 1.17. The van der Waals surface area contributed by atoms with E-state index < -0.39 is 0 Å². The van der Waals surface area contributed by atoms with E-state index in [9.17, 15) is 0 Å². The lowest BCUT2D eigenvalue weighted by atomic mass is 10.2. The van der Waals surface area contributed by atoms with Crippen molar-refractivity contribution in [2.75, 3.05) is 5.32 Å². The lowest BCUT2D eigenvalue weighted by Crippen LogP contribution is -1.94. The number of rotatable bonds is 4. The zero-order valence-electron chi connectivity index (χ0n) is 11.6. The third kappa shape index (κ3) is 3.90. The van der Waals surface area contributed by atoms with E-state index in [-0.39, 0.29) is 5.28 Å². The van der Waals surface area contributed by atoms with Crippen molar-refractivity contribution in [1.29, 1.82) is 0 Å². The highest BCUT2D eigenvalue weighted by molar-refractivity contribution is 6.28. The number of benzene rings is 1. The molecule has 2 heterocycles. The Morgan fingerprint density at radius 3 is 2.45 bits per heavy atom. The smallest absolute Gasteiger partial charge is 0.224 e. The predicted molar refractivity (Wildman–Crippen MR) is 89.9 cm³/mol. The van der Waals surface area contributed by atoms with Crippen molar-refractivity contribution in [1.82, 2.24) is 15.0 Å². The molecule has 5 heteroatoms. The molecule has 0 fully saturated rings. The topological polar surface area (TPSA) is 50.7 Å². The van der Waals surface area contributed by atoms with Crippen LogP contribution < -0.4 is 5.32 Å². The first-order valence-corrected chi connectivity index (χ1v) is 7.12. The van der Waals surface area contributed by atoms with Crippen molar-refractivity contribution in [3.05, 3.63) is 77.5 Å². The molecule has 4 nitrogen and oxygen atoms in total. The molecule has 0 aliphatic rings. The molecule has 0 aliphatic heterocycles. The molecule has 0 atom stereocenters. The van der Waals surface area contributed by atoms with Crippen molar-refractivity contribution >= 4 is 35.3 Å². The van der Waals surface area contributed by atoms with Gasteiger partial charge in [0.15, 0.2) is 0 Å². The second kappa shape index (κ2) is 6.83. The normalized spacial score (nSPS) is 10.8. The number of nitrogens with one attached hydrogen (secondary N) is 1. The molecule has 3 aromatic rings. The molecule has 3 rings (SSSR count). The Morgan fingerprint density at radius 2 is 1.73 bits per heavy atom. The average molecular weight is 309 g/mol. The Kier molecular flexibility index (Phi) is 4.41. The van der Waals surface area contributed by atoms with Gasteiger partial charge in [0.1, 0.15) is 5.82 Å². The monoisotopic (exact) mass is 308 g/mol. The third-order valence-corrected chi connectivity index (χ3v) is 3.13. The van der Waals surface area contributed by atoms with Crippen LogP contribution in [0.2, 0.25) is 5.28 Å². The van der Waals surface area contributed by atoms with Gasteiger partial charge >= 0.3 is 0 Å². The van der Waals surface area contributed by atoms with Crippen molar-refractivity contribution < 1.29 is 0 Å². The minimum Gasteiger partial charge on any atom is -0.340 e. The van der Waals surface area contributed by atoms with E-state index >= 15 is 0 Å². The van der Waals surface area contributed by atoms with Gasteiger partial charge in [0, 0.05) is 18.1 Å². The molecule has 0 radical (unpaired) electrons. The fraction of sp³-hybridized carbons (Fsp3) is 0. The summed E-state index contributed by atoms with van der Waals surface area (Å²) in [5.74, 6) is 0.664. The summed E-state index contributed by atoms with van der Waals surface area (Å²) in [6, 6.07) is 15.6. The van der Waals surface area contributed by atoms with E-state index in [1.807, 2.05) is 54.6 Å². The zero-order chi connectivity index (χ0) is 15.2. The van der Waals surface area contributed by atoms with Crippen LogP contribution in [0.5, 0.6) is 0 Å². The van der Waals surface area contributed by atoms with Crippen LogP contribution >= 0.6 is 11.6 Å². The van der Waals surface area contributed by atoms with Crippen LogP contribution in [0.3, 0.4) is 0 Å². The summed E-state index contributed by atoms with van der Waals surface area (Å²) in [5, 5.41) is 3.40. The van der Waals surface area contributed by atoms with Crippen LogP contribution in [0.1, 0.15) is 11.3 Å². The zero-order valence-corrected chi connectivity index (χ0v) is 12.4. The first kappa shape index (κ1) is 14.2. The van der Waals surface area contributed by atoms with Gasteiger partial charge in [-0.3, -0.25) is 4.98 Å². The second-order valence-electron chi connectivity index (χ2n) is 4.55. The molecule has 0 saturated carbocycles. The molecule has 0 spiro atoms. The van der Waals surface area contributed by atoms with E-state index in [0.29, 0.717) is 5.82 Å². The van der Waals surface area contributed by atoms with Gasteiger partial charge in [-0.15, -0.1) is 0 Å². The van der Waals surface area contributed by atoms with Gasteiger partial charge in [-0.2, -0.15) is 0 Å². The molecular weight excluding hydrogens is 296 g/mol. The second-order valence-corrected chi connectivity index (χ2v) is 4.88. The summed E-state index contributed by atoms with van der Waals surface area (Å²) in [5.41, 5.74) is 2.96. The molecule has 1 N–H and O–H groups in total. The highest BCUT2D eigenvalue weighted by Crippen LogP contribution is 2.17. The lowest BCUT2D eigenvalue weighted by Gasteiger charge is -2.05. The standard InChI is InChI=1S/C17H13ClN4/c18-17-20-12-10-16(22-17)21-15-8-5-13(6-9-15)4-7-14-3-1-2-11-19-14/h1-12H,(H,20,21,22). The van der Waals surface area contributed by atoms with Gasteiger partial charge in [-0.05, 0) is 53.6 Å². The number of nitrogens with zero attached hydrogens (tertiary/aromatic N) is 3. The van der Waals surface area contributed by atoms with Crippen LogP contribution in [-0.2, 0) is 0 Å². The number of hydrogen-bond donors (Lipinski definition) is 1. The minimum absolute atomic E-state index is 0.222. The largest absolute Gasteiger partial charge is 0.340 e. The molecule has 22 heavy (non-hydrogen) atoms. The van der Waals surface area contributed by atoms with Crippen molar-refractivity contribution in [2.24, 2.45) is 0 Å². The van der Waals surface area contributed by atoms with E-state index in [4.69, 9.17) is 11.6 Å². The van der Waals surface area contributed by atoms with Gasteiger partial charge in [0.25, 0.3) is 0 Å². The van der Waals surface area contributed by atoms with Gasteiger partial charge < -0.3 is 5.32 Å². The summed E-state index contributed by atoms with van der Waals surface area (Å²) in [4.78, 5) is 12.2. The molecule has 0 unspecified atom stereocenters. The maximum Gasteiger partial charge on any atom is 0.224 e. The van der Waals surface area contributed by atoms with Gasteiger partial charge in [-0.1, -0.05) is 24.3 Å². The Hall–Kier alpha value is -2.72. The van der Waals surface area contributed by atoms with Crippen LogP contribution in [0.15, 0.2) is 60.9 Å². The van der Waals surface area contributed by atoms with E-state index in [0.717, 1.165) is 16.9 Å². The molecular formula is C17H13ClN4. The highest BCUT2D eigenvalue weighted by Gasteiger charge is 1.97. The number of pyridine rings is 1. The summed E-state index contributed by atoms with van der Waals surface area (Å²) >= 11 is 5.76. The van der Waals surface area contributed by atoms with Gasteiger partial charge in [-0.25, -0.2) is 9.97 Å². The quantitative estimate of drug-likeness (QED) is 0.724. The molecule has 0 bridgehead atoms. The van der Waals surface area contributed by atoms with Crippen molar-refractivity contribution in [2.45, 2.75) is 0 Å². The molecule has 2 aromatic heterocycles. The summed E-state index contributed by atoms with van der Waals surface area (Å²) in [6.07, 6.45) is 7.39. The Bertz CT molecular complexity index is 770. The number of hydrogen-bond acceptors (Lipinski definition) is 4. The molecule has 108 valence electrons. The minimum atomic E-state index is 0.222. The van der Waals surface area contributed by atoms with Crippen LogP contribution in [-0.4, -0.2) is 15.0 Å².